The number of carbonyl (C=O) groups excluding carboxylic acids is 2. The Morgan fingerprint density at radius 1 is 1.07 bits per heavy atom. The van der Waals surface area contributed by atoms with Crippen LogP contribution in [-0.2, 0) is 16.1 Å². The molecule has 0 aliphatic carbocycles. The molecule has 0 saturated carbocycles. The molecule has 2 aromatic rings. The quantitative estimate of drug-likeness (QED) is 0.659. The van der Waals surface area contributed by atoms with Crippen molar-refractivity contribution in [2.45, 2.75) is 46.2 Å². The monoisotopic (exact) mass is 416 g/mol. The molecule has 0 bridgehead atoms. The van der Waals surface area contributed by atoms with Gasteiger partial charge in [-0.2, -0.15) is 0 Å². The van der Waals surface area contributed by atoms with Crippen LogP contribution < -0.4 is 10.1 Å². The van der Waals surface area contributed by atoms with E-state index in [9.17, 15) is 9.59 Å². The number of amides is 2. The Bertz CT molecular complexity index is 838. The van der Waals surface area contributed by atoms with Crippen LogP contribution in [0.25, 0.3) is 0 Å². The average molecular weight is 417 g/mol. The van der Waals surface area contributed by atoms with Crippen LogP contribution in [0.4, 0.5) is 0 Å². The van der Waals surface area contributed by atoms with Crippen molar-refractivity contribution in [3.63, 3.8) is 0 Å². The second-order valence-corrected chi connectivity index (χ2v) is 7.57. The van der Waals surface area contributed by atoms with Gasteiger partial charge in [-0.1, -0.05) is 61.8 Å². The summed E-state index contributed by atoms with van der Waals surface area (Å²) in [5, 5.41) is 3.33. The Kier molecular flexibility index (Phi) is 8.52. The molecule has 0 spiro atoms. The topological polar surface area (TPSA) is 58.6 Å². The predicted molar refractivity (Wildman–Crippen MR) is 116 cm³/mol. The predicted octanol–water partition coefficient (Wildman–Crippen LogP) is 4.40. The first-order valence-corrected chi connectivity index (χ1v) is 10.2. The second-order valence-electron chi connectivity index (χ2n) is 7.16. The molecule has 0 fully saturated rings. The van der Waals surface area contributed by atoms with Crippen molar-refractivity contribution in [3.05, 3.63) is 64.7 Å². The van der Waals surface area contributed by atoms with Crippen LogP contribution in [0.1, 0.15) is 44.7 Å². The lowest BCUT2D eigenvalue weighted by molar-refractivity contribution is -0.142. The lowest BCUT2D eigenvalue weighted by Gasteiger charge is -2.29. The van der Waals surface area contributed by atoms with Gasteiger partial charge in [-0.05, 0) is 43.0 Å². The van der Waals surface area contributed by atoms with E-state index in [0.717, 1.165) is 11.1 Å². The highest BCUT2D eigenvalue weighted by Gasteiger charge is 2.27. The van der Waals surface area contributed by atoms with E-state index in [0.29, 0.717) is 17.3 Å². The van der Waals surface area contributed by atoms with Gasteiger partial charge in [-0.25, -0.2) is 0 Å². The maximum absolute atomic E-state index is 13.0. The summed E-state index contributed by atoms with van der Waals surface area (Å²) in [6.45, 7) is 8.27. The average Bonchev–Trinajstić information content (AvgIpc) is 2.71. The van der Waals surface area contributed by atoms with Gasteiger partial charge < -0.3 is 15.0 Å². The van der Waals surface area contributed by atoms with Crippen LogP contribution in [-0.4, -0.2) is 35.9 Å². The minimum Gasteiger partial charge on any atom is -0.483 e. The van der Waals surface area contributed by atoms with Gasteiger partial charge in [-0.3, -0.25) is 9.59 Å². The number of carbonyl (C=O) groups is 2. The normalized spacial score (nSPS) is 11.8. The highest BCUT2D eigenvalue weighted by atomic mass is 35.5. The summed E-state index contributed by atoms with van der Waals surface area (Å²) in [6, 6.07) is 14.3. The number of benzene rings is 2. The lowest BCUT2D eigenvalue weighted by Crippen LogP contribution is -2.49. The standard InChI is InChI=1S/C23H29ClN2O3/c1-5-25-23(28)17(4)26(14-18-10-6-8-12-20(18)24)22(27)15-29-21-13-9-7-11-19(21)16(2)3/h6-13,16-17H,5,14-15H2,1-4H3,(H,25,28)/t17-/m1/s1. The van der Waals surface area contributed by atoms with Crippen LogP contribution in [0.2, 0.25) is 5.02 Å². The number of rotatable bonds is 9. The van der Waals surface area contributed by atoms with Crippen molar-refractivity contribution >= 4 is 23.4 Å². The molecule has 29 heavy (non-hydrogen) atoms. The molecule has 0 aliphatic heterocycles. The summed E-state index contributed by atoms with van der Waals surface area (Å²) >= 11 is 6.28. The maximum atomic E-state index is 13.0. The third-order valence-corrected chi connectivity index (χ3v) is 5.08. The van der Waals surface area contributed by atoms with Crippen LogP contribution >= 0.6 is 11.6 Å². The molecule has 2 aromatic carbocycles. The Morgan fingerprint density at radius 2 is 1.72 bits per heavy atom. The molecule has 2 rings (SSSR count). The van der Waals surface area contributed by atoms with E-state index in [-0.39, 0.29) is 30.9 Å². The van der Waals surface area contributed by atoms with Crippen molar-refractivity contribution < 1.29 is 14.3 Å². The van der Waals surface area contributed by atoms with E-state index in [1.807, 2.05) is 49.4 Å². The summed E-state index contributed by atoms with van der Waals surface area (Å²) in [7, 11) is 0. The Hall–Kier alpha value is -2.53. The van der Waals surface area contributed by atoms with E-state index in [1.165, 1.54) is 4.90 Å². The molecule has 1 N–H and O–H groups in total. The Labute approximate surface area is 178 Å². The number of halogens is 1. The van der Waals surface area contributed by atoms with Gasteiger partial charge in [0.15, 0.2) is 6.61 Å². The fourth-order valence-corrected chi connectivity index (χ4v) is 3.22. The zero-order chi connectivity index (χ0) is 21.4. The van der Waals surface area contributed by atoms with Crippen molar-refractivity contribution in [2.24, 2.45) is 0 Å². The molecule has 0 heterocycles. The highest BCUT2D eigenvalue weighted by molar-refractivity contribution is 6.31. The number of likely N-dealkylation sites (N-methyl/N-ethyl adjacent to an activating group) is 1. The summed E-state index contributed by atoms with van der Waals surface area (Å²) in [5.41, 5.74) is 1.82. The van der Waals surface area contributed by atoms with Crippen molar-refractivity contribution in [3.8, 4) is 5.75 Å². The zero-order valence-corrected chi connectivity index (χ0v) is 18.2. The maximum Gasteiger partial charge on any atom is 0.261 e. The number of hydrogen-bond donors (Lipinski definition) is 1. The van der Waals surface area contributed by atoms with Crippen molar-refractivity contribution in [1.82, 2.24) is 10.2 Å². The van der Waals surface area contributed by atoms with E-state index in [2.05, 4.69) is 19.2 Å². The molecule has 0 aliphatic rings. The Balaban J connectivity index is 2.20. The second kappa shape index (κ2) is 10.9. The number of para-hydroxylation sites is 1. The molecule has 156 valence electrons. The first-order chi connectivity index (χ1) is 13.8. The van der Waals surface area contributed by atoms with Gasteiger partial charge in [0.05, 0.1) is 0 Å². The molecular formula is C23H29ClN2O3. The number of ether oxygens (including phenoxy) is 1. The van der Waals surface area contributed by atoms with Crippen LogP contribution in [0.15, 0.2) is 48.5 Å². The summed E-state index contributed by atoms with van der Waals surface area (Å²) in [5.74, 6) is 0.465. The zero-order valence-electron chi connectivity index (χ0n) is 17.4. The van der Waals surface area contributed by atoms with E-state index in [1.54, 1.807) is 13.0 Å². The molecular weight excluding hydrogens is 388 g/mol. The van der Waals surface area contributed by atoms with Gasteiger partial charge in [0.25, 0.3) is 5.91 Å². The summed E-state index contributed by atoms with van der Waals surface area (Å²) in [4.78, 5) is 26.9. The molecule has 0 radical (unpaired) electrons. The summed E-state index contributed by atoms with van der Waals surface area (Å²) < 4.78 is 5.84. The SMILES string of the molecule is CCNC(=O)[C@@H](C)N(Cc1ccccc1Cl)C(=O)COc1ccccc1C(C)C. The number of hydrogen-bond acceptors (Lipinski definition) is 3. The van der Waals surface area contributed by atoms with Crippen LogP contribution in [0.5, 0.6) is 5.75 Å². The minimum absolute atomic E-state index is 0.155. The third kappa shape index (κ3) is 6.23. The molecule has 6 heteroatoms. The van der Waals surface area contributed by atoms with Crippen LogP contribution in [0.3, 0.4) is 0 Å². The summed E-state index contributed by atoms with van der Waals surface area (Å²) in [6.07, 6.45) is 0. The molecule has 5 nitrogen and oxygen atoms in total. The molecule has 2 amide bonds. The first kappa shape index (κ1) is 22.8. The van der Waals surface area contributed by atoms with Gasteiger partial charge in [-0.15, -0.1) is 0 Å². The van der Waals surface area contributed by atoms with Gasteiger partial charge in [0.2, 0.25) is 5.91 Å². The van der Waals surface area contributed by atoms with Gasteiger partial charge in [0.1, 0.15) is 11.8 Å². The number of nitrogens with one attached hydrogen (secondary N) is 1. The number of nitrogens with zero attached hydrogens (tertiary/aromatic N) is 1. The van der Waals surface area contributed by atoms with E-state index < -0.39 is 6.04 Å². The first-order valence-electron chi connectivity index (χ1n) is 9.87. The largest absolute Gasteiger partial charge is 0.483 e. The molecule has 0 aromatic heterocycles. The van der Waals surface area contributed by atoms with Crippen molar-refractivity contribution in [2.75, 3.05) is 13.2 Å². The van der Waals surface area contributed by atoms with Gasteiger partial charge in [0, 0.05) is 18.1 Å². The Morgan fingerprint density at radius 3 is 2.38 bits per heavy atom. The lowest BCUT2D eigenvalue weighted by atomic mass is 10.0. The highest BCUT2D eigenvalue weighted by Crippen LogP contribution is 2.26. The fourth-order valence-electron chi connectivity index (χ4n) is 3.03. The minimum atomic E-state index is -0.650. The molecule has 1 atom stereocenters. The van der Waals surface area contributed by atoms with E-state index >= 15 is 0 Å². The third-order valence-electron chi connectivity index (χ3n) is 4.71. The smallest absolute Gasteiger partial charge is 0.261 e. The van der Waals surface area contributed by atoms with E-state index in [4.69, 9.17) is 16.3 Å². The van der Waals surface area contributed by atoms with Crippen molar-refractivity contribution in [1.29, 1.82) is 0 Å². The molecule has 0 saturated heterocycles. The fraction of sp³-hybridized carbons (Fsp3) is 0.391. The van der Waals surface area contributed by atoms with Crippen LogP contribution in [0, 0.1) is 0 Å². The molecule has 0 unspecified atom stereocenters. The van der Waals surface area contributed by atoms with Gasteiger partial charge >= 0.3 is 0 Å².